The lowest BCUT2D eigenvalue weighted by atomic mass is 9.99. The van der Waals surface area contributed by atoms with E-state index in [9.17, 15) is 9.59 Å². The van der Waals surface area contributed by atoms with Crippen LogP contribution in [0.15, 0.2) is 77.3 Å². The molecule has 1 aliphatic heterocycles. The lowest BCUT2D eigenvalue weighted by Gasteiger charge is -2.04. The number of ketones is 1. The number of halogens is 1. The zero-order valence-electron chi connectivity index (χ0n) is 16.2. The summed E-state index contributed by atoms with van der Waals surface area (Å²) in [6.07, 6.45) is 0.750. The summed E-state index contributed by atoms with van der Waals surface area (Å²) in [7, 11) is 3.38. The summed E-state index contributed by atoms with van der Waals surface area (Å²) in [5.41, 5.74) is 2.27. The number of benzene rings is 3. The van der Waals surface area contributed by atoms with Gasteiger partial charge in [0, 0.05) is 29.7 Å². The Morgan fingerprint density at radius 2 is 1.59 bits per heavy atom. The first-order valence-electron chi connectivity index (χ1n) is 8.83. The van der Waals surface area contributed by atoms with E-state index in [2.05, 4.69) is 15.9 Å². The first-order chi connectivity index (χ1) is 13.9. The molecule has 0 fully saturated rings. The quantitative estimate of drug-likeness (QED) is 0.541. The predicted octanol–water partition coefficient (Wildman–Crippen LogP) is 4.67. The average Bonchev–Trinajstić information content (AvgIpc) is 2.86. The Balaban J connectivity index is 0.000000207. The number of amides is 1. The van der Waals surface area contributed by atoms with Gasteiger partial charge < -0.3 is 14.7 Å². The molecule has 1 amide bonds. The van der Waals surface area contributed by atoms with Gasteiger partial charge in [-0.25, -0.2) is 0 Å². The minimum atomic E-state index is 0.0283. The second-order valence-corrected chi connectivity index (χ2v) is 7.24. The van der Waals surface area contributed by atoms with Crippen LogP contribution in [-0.2, 0) is 11.4 Å². The van der Waals surface area contributed by atoms with Gasteiger partial charge in [-0.2, -0.15) is 0 Å². The second kappa shape index (κ2) is 11.0. The van der Waals surface area contributed by atoms with Gasteiger partial charge in [-0.15, -0.1) is 0 Å². The molecule has 5 nitrogen and oxygen atoms in total. The van der Waals surface area contributed by atoms with E-state index in [4.69, 9.17) is 9.84 Å². The van der Waals surface area contributed by atoms with Crippen LogP contribution >= 0.6 is 15.9 Å². The van der Waals surface area contributed by atoms with E-state index in [0.717, 1.165) is 22.0 Å². The largest absolute Gasteiger partial charge is 0.508 e. The van der Waals surface area contributed by atoms with E-state index >= 15 is 0 Å². The third-order valence-corrected chi connectivity index (χ3v) is 4.29. The number of phenols is 1. The molecule has 1 heterocycles. The standard InChI is InChI=1S/C14H9BrO2.C6H6O.C3H7NO/c15-10-5-6-11-9(7-10)8-17-13-4-2-1-3-12(13)14(11)16;7-6-4-2-1-3-5-6;1-4(2)3-5/h1-7H,8H2;1-5,7H;3H,1-2H3. The zero-order valence-corrected chi connectivity index (χ0v) is 17.8. The van der Waals surface area contributed by atoms with Crippen molar-refractivity contribution in [3.63, 3.8) is 0 Å². The first kappa shape index (κ1) is 22.2. The molecule has 0 radical (unpaired) electrons. The summed E-state index contributed by atoms with van der Waals surface area (Å²) in [5, 5.41) is 8.63. The molecule has 0 atom stereocenters. The molecular weight excluding hydrogens is 434 g/mol. The lowest BCUT2D eigenvalue weighted by molar-refractivity contribution is -0.115. The summed E-state index contributed by atoms with van der Waals surface area (Å²) >= 11 is 3.40. The monoisotopic (exact) mass is 455 g/mol. The Morgan fingerprint density at radius 1 is 0.966 bits per heavy atom. The number of phenolic OH excluding ortho intramolecular Hbond substituents is 1. The van der Waals surface area contributed by atoms with Gasteiger partial charge in [-0.05, 0) is 42.5 Å². The van der Waals surface area contributed by atoms with Crippen LogP contribution in [0.2, 0.25) is 0 Å². The number of hydrogen-bond acceptors (Lipinski definition) is 4. The van der Waals surface area contributed by atoms with Crippen LogP contribution in [0.3, 0.4) is 0 Å². The minimum Gasteiger partial charge on any atom is -0.508 e. The molecule has 4 rings (SSSR count). The van der Waals surface area contributed by atoms with Crippen molar-refractivity contribution in [2.24, 2.45) is 0 Å². The van der Waals surface area contributed by atoms with Crippen molar-refractivity contribution in [3.05, 3.63) is 94.0 Å². The highest BCUT2D eigenvalue weighted by Crippen LogP contribution is 2.29. The molecule has 0 unspecified atom stereocenters. The summed E-state index contributed by atoms with van der Waals surface area (Å²) in [4.78, 5) is 23.2. The van der Waals surface area contributed by atoms with Crippen molar-refractivity contribution >= 4 is 28.1 Å². The molecular formula is C23H22BrNO4. The van der Waals surface area contributed by atoms with Gasteiger partial charge in [-0.3, -0.25) is 9.59 Å². The molecule has 29 heavy (non-hydrogen) atoms. The van der Waals surface area contributed by atoms with Crippen LogP contribution in [0, 0.1) is 0 Å². The number of nitrogens with zero attached hydrogens (tertiary/aromatic N) is 1. The Labute approximate surface area is 178 Å². The molecule has 0 spiro atoms. The fourth-order valence-electron chi connectivity index (χ4n) is 2.41. The number of ether oxygens (including phenoxy) is 1. The number of carbonyl (C=O) groups excluding carboxylic acids is 2. The molecule has 6 heteroatoms. The molecule has 0 saturated heterocycles. The number of aromatic hydroxyl groups is 1. The normalized spacial score (nSPS) is 11.1. The Bertz CT molecular complexity index is 958. The van der Waals surface area contributed by atoms with E-state index in [0.29, 0.717) is 23.7 Å². The van der Waals surface area contributed by atoms with Gasteiger partial charge in [-0.1, -0.05) is 46.3 Å². The van der Waals surface area contributed by atoms with E-state index in [1.165, 1.54) is 4.90 Å². The molecule has 3 aromatic rings. The summed E-state index contributed by atoms with van der Waals surface area (Å²) in [5.74, 6) is 1.01. The van der Waals surface area contributed by atoms with Crippen LogP contribution in [0.25, 0.3) is 0 Å². The number of para-hydroxylation sites is 2. The molecule has 0 aromatic heterocycles. The Kier molecular flexibility index (Phi) is 8.43. The van der Waals surface area contributed by atoms with Crippen molar-refractivity contribution in [2.75, 3.05) is 14.1 Å². The highest BCUT2D eigenvalue weighted by Gasteiger charge is 2.21. The average molecular weight is 456 g/mol. The number of fused-ring (bicyclic) bond motifs is 2. The van der Waals surface area contributed by atoms with Crippen molar-refractivity contribution in [2.45, 2.75) is 6.61 Å². The number of rotatable bonds is 1. The third kappa shape index (κ3) is 6.76. The minimum absolute atomic E-state index is 0.0283. The van der Waals surface area contributed by atoms with E-state index < -0.39 is 0 Å². The van der Waals surface area contributed by atoms with Crippen LogP contribution in [0.5, 0.6) is 11.5 Å². The molecule has 0 saturated carbocycles. The molecule has 1 aliphatic rings. The topological polar surface area (TPSA) is 66.8 Å². The SMILES string of the molecule is CN(C)C=O.O=C1c2ccc(Br)cc2COc2ccccc21.Oc1ccccc1. The van der Waals surface area contributed by atoms with Crippen molar-refractivity contribution in [1.29, 1.82) is 0 Å². The second-order valence-electron chi connectivity index (χ2n) is 6.32. The maximum Gasteiger partial charge on any atom is 0.209 e. The Hall–Kier alpha value is -3.12. The molecule has 0 aliphatic carbocycles. The molecule has 3 aromatic carbocycles. The van der Waals surface area contributed by atoms with E-state index in [-0.39, 0.29) is 5.78 Å². The predicted molar refractivity (Wildman–Crippen MR) is 116 cm³/mol. The van der Waals surface area contributed by atoms with Gasteiger partial charge >= 0.3 is 0 Å². The van der Waals surface area contributed by atoms with Gasteiger partial charge in [0.1, 0.15) is 18.1 Å². The van der Waals surface area contributed by atoms with Gasteiger partial charge in [0.05, 0.1) is 5.56 Å². The zero-order chi connectivity index (χ0) is 21.2. The van der Waals surface area contributed by atoms with Gasteiger partial charge in [0.25, 0.3) is 0 Å². The number of carbonyl (C=O) groups is 2. The van der Waals surface area contributed by atoms with Crippen molar-refractivity contribution in [1.82, 2.24) is 4.90 Å². The summed E-state index contributed by atoms with van der Waals surface area (Å²) in [6.45, 7) is 0.428. The lowest BCUT2D eigenvalue weighted by Crippen LogP contribution is -2.06. The molecule has 0 bridgehead atoms. The fourth-order valence-corrected chi connectivity index (χ4v) is 2.82. The smallest absolute Gasteiger partial charge is 0.209 e. The highest BCUT2D eigenvalue weighted by molar-refractivity contribution is 9.10. The maximum atomic E-state index is 12.3. The molecule has 1 N–H and O–H groups in total. The first-order valence-corrected chi connectivity index (χ1v) is 9.62. The van der Waals surface area contributed by atoms with Crippen molar-refractivity contribution < 1.29 is 19.4 Å². The molecule has 150 valence electrons. The highest BCUT2D eigenvalue weighted by atomic mass is 79.9. The van der Waals surface area contributed by atoms with Crippen LogP contribution in [0.1, 0.15) is 21.5 Å². The van der Waals surface area contributed by atoms with Crippen LogP contribution in [-0.4, -0.2) is 36.3 Å². The number of hydrogen-bond donors (Lipinski definition) is 1. The Morgan fingerprint density at radius 3 is 2.17 bits per heavy atom. The van der Waals surface area contributed by atoms with Crippen LogP contribution < -0.4 is 4.74 Å². The van der Waals surface area contributed by atoms with Crippen molar-refractivity contribution in [3.8, 4) is 11.5 Å². The fraction of sp³-hybridized carbons (Fsp3) is 0.130. The summed E-state index contributed by atoms with van der Waals surface area (Å²) < 4.78 is 6.62. The van der Waals surface area contributed by atoms with Gasteiger partial charge in [0.2, 0.25) is 6.41 Å². The van der Waals surface area contributed by atoms with Gasteiger partial charge in [0.15, 0.2) is 5.78 Å². The summed E-state index contributed by atoms with van der Waals surface area (Å²) in [6, 6.07) is 21.7. The van der Waals surface area contributed by atoms with E-state index in [1.54, 1.807) is 44.4 Å². The van der Waals surface area contributed by atoms with E-state index in [1.807, 2.05) is 42.5 Å². The van der Waals surface area contributed by atoms with Crippen LogP contribution in [0.4, 0.5) is 0 Å². The third-order valence-electron chi connectivity index (χ3n) is 3.79. The maximum absolute atomic E-state index is 12.3.